The lowest BCUT2D eigenvalue weighted by Crippen LogP contribution is -3.12. The molecule has 3 rings (SSSR count). The van der Waals surface area contributed by atoms with Crippen molar-refractivity contribution in [2.24, 2.45) is 0 Å². The van der Waals surface area contributed by atoms with Crippen LogP contribution in [0.1, 0.15) is 5.56 Å². The van der Waals surface area contributed by atoms with Gasteiger partial charge in [-0.05, 0) is 42.8 Å². The number of halogens is 1. The zero-order valence-electron chi connectivity index (χ0n) is 15.2. The first kappa shape index (κ1) is 18.5. The smallest absolute Gasteiger partial charge is 0.262 e. The van der Waals surface area contributed by atoms with Gasteiger partial charge in [0.05, 0.1) is 44.6 Å². The zero-order chi connectivity index (χ0) is 18.5. The molecule has 1 amide bonds. The molecule has 0 bridgehead atoms. The number of rotatable bonds is 5. The van der Waals surface area contributed by atoms with Crippen LogP contribution in [0.3, 0.4) is 0 Å². The first-order valence-electron chi connectivity index (χ1n) is 8.87. The summed E-state index contributed by atoms with van der Waals surface area (Å²) in [6, 6.07) is 13.3. The van der Waals surface area contributed by atoms with E-state index in [9.17, 15) is 4.79 Å². The summed E-state index contributed by atoms with van der Waals surface area (Å²) in [4.78, 5) is 16.2. The Morgan fingerprint density at radius 1 is 1.23 bits per heavy atom. The van der Waals surface area contributed by atoms with Crippen LogP contribution in [0.25, 0.3) is 0 Å². The molecule has 1 aliphatic heterocycles. The SMILES string of the molecule is Cc1cc(Cl)ccc1OCC(=O)Nc1ccccc1N1CC[NH+](C)CC1. The zero-order valence-corrected chi connectivity index (χ0v) is 16.0. The Morgan fingerprint density at radius 2 is 1.96 bits per heavy atom. The van der Waals surface area contributed by atoms with Crippen LogP contribution in [-0.2, 0) is 4.79 Å². The van der Waals surface area contributed by atoms with Crippen LogP contribution in [0.4, 0.5) is 11.4 Å². The molecule has 2 N–H and O–H groups in total. The quantitative estimate of drug-likeness (QED) is 0.841. The summed E-state index contributed by atoms with van der Waals surface area (Å²) in [5.41, 5.74) is 2.80. The standard InChI is InChI=1S/C20H24ClN3O2/c1-15-13-16(21)7-8-19(15)26-14-20(25)22-17-5-3-4-6-18(17)24-11-9-23(2)10-12-24/h3-8,13H,9-12,14H2,1-2H3,(H,22,25)/p+1. The first-order chi connectivity index (χ1) is 12.5. The van der Waals surface area contributed by atoms with Crippen molar-refractivity contribution in [3.05, 3.63) is 53.1 Å². The van der Waals surface area contributed by atoms with E-state index in [1.165, 1.54) is 4.90 Å². The molecule has 0 saturated carbocycles. The van der Waals surface area contributed by atoms with E-state index in [1.807, 2.05) is 31.2 Å². The summed E-state index contributed by atoms with van der Waals surface area (Å²) in [5.74, 6) is 0.492. The van der Waals surface area contributed by atoms with Gasteiger partial charge in [0, 0.05) is 5.02 Å². The van der Waals surface area contributed by atoms with Gasteiger partial charge in [-0.25, -0.2) is 0 Å². The summed E-state index contributed by atoms with van der Waals surface area (Å²) >= 11 is 5.95. The van der Waals surface area contributed by atoms with E-state index in [0.717, 1.165) is 43.1 Å². The monoisotopic (exact) mass is 374 g/mol. The maximum atomic E-state index is 12.4. The second-order valence-electron chi connectivity index (χ2n) is 6.71. The number of carbonyl (C=O) groups is 1. The first-order valence-corrected chi connectivity index (χ1v) is 9.25. The van der Waals surface area contributed by atoms with Crippen molar-refractivity contribution in [1.29, 1.82) is 0 Å². The number of ether oxygens (including phenoxy) is 1. The van der Waals surface area contributed by atoms with E-state index in [-0.39, 0.29) is 12.5 Å². The third-order valence-electron chi connectivity index (χ3n) is 4.63. The van der Waals surface area contributed by atoms with Crippen molar-refractivity contribution in [2.45, 2.75) is 6.92 Å². The number of amides is 1. The van der Waals surface area contributed by atoms with Crippen molar-refractivity contribution in [2.75, 3.05) is 50.1 Å². The van der Waals surface area contributed by atoms with Crippen molar-refractivity contribution < 1.29 is 14.4 Å². The molecule has 0 atom stereocenters. The Bertz CT molecular complexity index is 773. The van der Waals surface area contributed by atoms with Crippen LogP contribution >= 0.6 is 11.6 Å². The maximum Gasteiger partial charge on any atom is 0.262 e. The number of hydrogen-bond donors (Lipinski definition) is 2. The van der Waals surface area contributed by atoms with Gasteiger partial charge < -0.3 is 19.9 Å². The maximum absolute atomic E-state index is 12.4. The van der Waals surface area contributed by atoms with Gasteiger partial charge in [0.2, 0.25) is 0 Å². The van der Waals surface area contributed by atoms with Crippen LogP contribution in [0.2, 0.25) is 5.02 Å². The van der Waals surface area contributed by atoms with Crippen LogP contribution in [0.15, 0.2) is 42.5 Å². The molecule has 2 aromatic rings. The molecule has 0 unspecified atom stereocenters. The summed E-state index contributed by atoms with van der Waals surface area (Å²) in [7, 11) is 2.21. The lowest BCUT2D eigenvalue weighted by atomic mass is 10.2. The molecule has 2 aromatic carbocycles. The molecule has 0 aliphatic carbocycles. The van der Waals surface area contributed by atoms with E-state index >= 15 is 0 Å². The molecule has 0 radical (unpaired) electrons. The highest BCUT2D eigenvalue weighted by Crippen LogP contribution is 2.26. The number of hydrogen-bond acceptors (Lipinski definition) is 3. The highest BCUT2D eigenvalue weighted by atomic mass is 35.5. The number of benzene rings is 2. The summed E-state index contributed by atoms with van der Waals surface area (Å²) < 4.78 is 5.64. The van der Waals surface area contributed by atoms with Gasteiger partial charge in [-0.15, -0.1) is 0 Å². The molecule has 1 aliphatic rings. The minimum absolute atomic E-state index is 0.0380. The minimum Gasteiger partial charge on any atom is -0.483 e. The second kappa shape index (κ2) is 8.43. The third kappa shape index (κ3) is 4.68. The van der Waals surface area contributed by atoms with Crippen molar-refractivity contribution in [1.82, 2.24) is 0 Å². The molecule has 138 valence electrons. The van der Waals surface area contributed by atoms with Gasteiger partial charge in [0.25, 0.3) is 5.91 Å². The Morgan fingerprint density at radius 3 is 2.69 bits per heavy atom. The normalized spacial score (nSPS) is 15.0. The molecule has 26 heavy (non-hydrogen) atoms. The van der Waals surface area contributed by atoms with Crippen LogP contribution in [0.5, 0.6) is 5.75 Å². The summed E-state index contributed by atoms with van der Waals surface area (Å²) in [5, 5.41) is 3.64. The fourth-order valence-corrected chi connectivity index (χ4v) is 3.32. The van der Waals surface area contributed by atoms with Crippen molar-refractivity contribution >= 4 is 28.9 Å². The topological polar surface area (TPSA) is 46.0 Å². The molecule has 0 aromatic heterocycles. The molecule has 5 nitrogen and oxygen atoms in total. The van der Waals surface area contributed by atoms with E-state index in [4.69, 9.17) is 16.3 Å². The Balaban J connectivity index is 1.62. The summed E-state index contributed by atoms with van der Waals surface area (Å²) in [6.07, 6.45) is 0. The predicted octanol–water partition coefficient (Wildman–Crippen LogP) is 2.00. The number of para-hydroxylation sites is 2. The molecule has 1 saturated heterocycles. The lowest BCUT2D eigenvalue weighted by molar-refractivity contribution is -0.880. The number of piperazine rings is 1. The lowest BCUT2D eigenvalue weighted by Gasteiger charge is -2.33. The number of nitrogens with zero attached hydrogens (tertiary/aromatic N) is 1. The van der Waals surface area contributed by atoms with E-state index < -0.39 is 0 Å². The van der Waals surface area contributed by atoms with Gasteiger partial charge in [0.1, 0.15) is 5.75 Å². The fourth-order valence-electron chi connectivity index (χ4n) is 3.09. The number of nitrogens with one attached hydrogen (secondary N) is 2. The second-order valence-corrected chi connectivity index (χ2v) is 7.14. The van der Waals surface area contributed by atoms with Crippen LogP contribution in [0, 0.1) is 6.92 Å². The third-order valence-corrected chi connectivity index (χ3v) is 4.87. The predicted molar refractivity (Wildman–Crippen MR) is 106 cm³/mol. The van der Waals surface area contributed by atoms with Gasteiger partial charge in [-0.2, -0.15) is 0 Å². The van der Waals surface area contributed by atoms with Gasteiger partial charge in [-0.3, -0.25) is 4.79 Å². The minimum atomic E-state index is -0.174. The fraction of sp³-hybridized carbons (Fsp3) is 0.350. The van der Waals surface area contributed by atoms with Crippen molar-refractivity contribution in [3.63, 3.8) is 0 Å². The highest BCUT2D eigenvalue weighted by molar-refractivity contribution is 6.30. The summed E-state index contributed by atoms with van der Waals surface area (Å²) in [6.45, 7) is 6.04. The molecule has 1 heterocycles. The van der Waals surface area contributed by atoms with Gasteiger partial charge >= 0.3 is 0 Å². The number of anilines is 2. The average Bonchev–Trinajstić information content (AvgIpc) is 2.62. The van der Waals surface area contributed by atoms with E-state index in [0.29, 0.717) is 10.8 Å². The molecule has 6 heteroatoms. The van der Waals surface area contributed by atoms with Crippen LogP contribution < -0.4 is 19.9 Å². The van der Waals surface area contributed by atoms with Crippen molar-refractivity contribution in [3.8, 4) is 5.75 Å². The molecule has 0 spiro atoms. The Labute approximate surface area is 159 Å². The number of aryl methyl sites for hydroxylation is 1. The van der Waals surface area contributed by atoms with Crippen LogP contribution in [-0.4, -0.2) is 45.7 Å². The molecule has 1 fully saturated rings. The largest absolute Gasteiger partial charge is 0.483 e. The number of likely N-dealkylation sites (N-methyl/N-ethyl adjacent to an activating group) is 1. The molecular weight excluding hydrogens is 350 g/mol. The van der Waals surface area contributed by atoms with E-state index in [2.05, 4.69) is 23.3 Å². The Hall–Kier alpha value is -2.24. The average molecular weight is 375 g/mol. The Kier molecular flexibility index (Phi) is 6.01. The highest BCUT2D eigenvalue weighted by Gasteiger charge is 2.19. The van der Waals surface area contributed by atoms with E-state index in [1.54, 1.807) is 12.1 Å². The molecular formula is C20H25ClN3O2+. The van der Waals surface area contributed by atoms with Gasteiger partial charge in [0.15, 0.2) is 6.61 Å². The van der Waals surface area contributed by atoms with Gasteiger partial charge in [-0.1, -0.05) is 23.7 Å². The number of carbonyl (C=O) groups excluding carboxylic acids is 1. The number of quaternary nitrogens is 1.